The highest BCUT2D eigenvalue weighted by atomic mass is 19.1. The van der Waals surface area contributed by atoms with Crippen molar-refractivity contribution in [1.29, 1.82) is 0 Å². The van der Waals surface area contributed by atoms with Crippen molar-refractivity contribution in [1.82, 2.24) is 4.98 Å². The van der Waals surface area contributed by atoms with Crippen molar-refractivity contribution in [3.63, 3.8) is 0 Å². The van der Waals surface area contributed by atoms with Crippen LogP contribution in [0.5, 0.6) is 0 Å². The van der Waals surface area contributed by atoms with Crippen LogP contribution in [-0.2, 0) is 11.2 Å². The molecule has 0 aliphatic heterocycles. The second-order valence-corrected chi connectivity index (χ2v) is 4.46. The second-order valence-electron chi connectivity index (χ2n) is 4.46. The van der Waals surface area contributed by atoms with Crippen LogP contribution in [0.3, 0.4) is 0 Å². The van der Waals surface area contributed by atoms with Gasteiger partial charge < -0.3 is 11.1 Å². The predicted octanol–water partition coefficient (Wildman–Crippen LogP) is 2.27. The van der Waals surface area contributed by atoms with Gasteiger partial charge in [-0.2, -0.15) is 4.99 Å². The van der Waals surface area contributed by atoms with Crippen LogP contribution in [0.25, 0.3) is 0 Å². The molecule has 1 aromatic heterocycles. The summed E-state index contributed by atoms with van der Waals surface area (Å²) in [7, 11) is 0. The molecule has 5 nitrogen and oxygen atoms in total. The number of carbonyl (C=O) groups is 1. The lowest BCUT2D eigenvalue weighted by atomic mass is 10.1. The summed E-state index contributed by atoms with van der Waals surface area (Å²) in [5.74, 6) is -0.711. The molecule has 6 heteroatoms. The van der Waals surface area contributed by atoms with Gasteiger partial charge in [-0.3, -0.25) is 9.78 Å². The molecule has 0 spiro atoms. The molecule has 1 heterocycles. The lowest BCUT2D eigenvalue weighted by Crippen LogP contribution is -2.12. The minimum atomic E-state index is -0.446. The van der Waals surface area contributed by atoms with Crippen LogP contribution in [0.1, 0.15) is 5.56 Å². The molecular weight excluding hydrogens is 283 g/mol. The summed E-state index contributed by atoms with van der Waals surface area (Å²) in [5.41, 5.74) is 6.98. The van der Waals surface area contributed by atoms with Gasteiger partial charge in [0, 0.05) is 12.3 Å². The number of hydrogen-bond donors (Lipinski definition) is 2. The molecule has 0 atom stereocenters. The predicted molar refractivity (Wildman–Crippen MR) is 83.7 cm³/mol. The fourth-order valence-electron chi connectivity index (χ4n) is 1.71. The van der Waals surface area contributed by atoms with Gasteiger partial charge >= 0.3 is 0 Å². The van der Waals surface area contributed by atoms with E-state index in [-0.39, 0.29) is 18.2 Å². The molecule has 2 rings (SSSR count). The minimum absolute atomic E-state index is 0.0674. The molecular formula is C16H15FN4O. The summed E-state index contributed by atoms with van der Waals surface area (Å²) < 4.78 is 12.9. The number of benzene rings is 1. The molecule has 3 N–H and O–H groups in total. The van der Waals surface area contributed by atoms with Crippen LogP contribution >= 0.6 is 0 Å². The Morgan fingerprint density at radius 3 is 2.82 bits per heavy atom. The van der Waals surface area contributed by atoms with Crippen molar-refractivity contribution in [2.45, 2.75) is 6.42 Å². The number of amidine groups is 1. The van der Waals surface area contributed by atoms with E-state index in [1.54, 1.807) is 0 Å². The maximum absolute atomic E-state index is 12.9. The summed E-state index contributed by atoms with van der Waals surface area (Å²) in [6, 6.07) is 10.6. The number of pyridine rings is 1. The Hall–Kier alpha value is -3.02. The van der Waals surface area contributed by atoms with Gasteiger partial charge in [-0.05, 0) is 11.6 Å². The molecule has 0 unspecified atom stereocenters. The summed E-state index contributed by atoms with van der Waals surface area (Å²) in [5, 5.41) is 2.78. The Morgan fingerprint density at radius 2 is 2.09 bits per heavy atom. The monoisotopic (exact) mass is 298 g/mol. The van der Waals surface area contributed by atoms with Crippen molar-refractivity contribution in [3.05, 3.63) is 72.4 Å². The Kier molecular flexibility index (Phi) is 5.37. The highest BCUT2D eigenvalue weighted by Crippen LogP contribution is 2.06. The van der Waals surface area contributed by atoms with Gasteiger partial charge in [0.2, 0.25) is 0 Å². The largest absolute Gasteiger partial charge is 0.384 e. The fraction of sp³-hybridized carbons (Fsp3) is 0.0625. The van der Waals surface area contributed by atoms with Crippen molar-refractivity contribution in [3.8, 4) is 0 Å². The van der Waals surface area contributed by atoms with Gasteiger partial charge in [0.1, 0.15) is 11.7 Å². The van der Waals surface area contributed by atoms with E-state index in [0.717, 1.165) is 11.8 Å². The molecule has 0 saturated carbocycles. The second kappa shape index (κ2) is 7.68. The third-order valence-electron chi connectivity index (χ3n) is 2.66. The highest BCUT2D eigenvalue weighted by molar-refractivity contribution is 6.00. The maximum Gasteiger partial charge on any atom is 0.252 e. The third kappa shape index (κ3) is 5.16. The number of rotatable bonds is 5. The fourth-order valence-corrected chi connectivity index (χ4v) is 1.71. The minimum Gasteiger partial charge on any atom is -0.384 e. The number of aromatic nitrogens is 1. The van der Waals surface area contributed by atoms with E-state index in [1.807, 2.05) is 30.3 Å². The zero-order valence-electron chi connectivity index (χ0n) is 11.7. The number of nitrogens with two attached hydrogens (primary N) is 1. The number of anilines is 1. The quantitative estimate of drug-likeness (QED) is 0.655. The number of aliphatic imine (C=N–C) groups is 1. The van der Waals surface area contributed by atoms with E-state index in [1.165, 1.54) is 24.5 Å². The molecule has 0 aliphatic carbocycles. The van der Waals surface area contributed by atoms with E-state index in [4.69, 9.17) is 5.73 Å². The Morgan fingerprint density at radius 1 is 1.32 bits per heavy atom. The Balaban J connectivity index is 1.89. The van der Waals surface area contributed by atoms with Crippen LogP contribution in [-0.4, -0.2) is 16.7 Å². The first kappa shape index (κ1) is 15.4. The first-order valence-electron chi connectivity index (χ1n) is 6.58. The smallest absolute Gasteiger partial charge is 0.252 e. The van der Waals surface area contributed by atoms with E-state index in [2.05, 4.69) is 15.3 Å². The van der Waals surface area contributed by atoms with Crippen LogP contribution < -0.4 is 11.1 Å². The summed E-state index contributed by atoms with van der Waals surface area (Å²) in [4.78, 5) is 19.2. The van der Waals surface area contributed by atoms with Crippen molar-refractivity contribution in [2.75, 3.05) is 5.32 Å². The topological polar surface area (TPSA) is 80.4 Å². The van der Waals surface area contributed by atoms with Gasteiger partial charge in [-0.25, -0.2) is 4.39 Å². The van der Waals surface area contributed by atoms with Gasteiger partial charge in [0.25, 0.3) is 5.91 Å². The summed E-state index contributed by atoms with van der Waals surface area (Å²) in [6.07, 6.45) is 5.64. The molecule has 0 radical (unpaired) electrons. The van der Waals surface area contributed by atoms with Crippen LogP contribution in [0.2, 0.25) is 0 Å². The summed E-state index contributed by atoms with van der Waals surface area (Å²) >= 11 is 0. The van der Waals surface area contributed by atoms with Gasteiger partial charge in [0.05, 0.1) is 24.5 Å². The number of amides is 1. The van der Waals surface area contributed by atoms with E-state index in [0.29, 0.717) is 5.69 Å². The SMILES string of the molecule is NC(/C=C\Nc1cncc(F)c1)=NC(=O)Cc1ccccc1. The standard InChI is InChI=1S/C16H15FN4O/c17-13-9-14(11-19-10-13)20-7-6-15(18)21-16(22)8-12-4-2-1-3-5-12/h1-7,9-11,20H,8H2,(H2,18,21,22)/b7-6-. The molecule has 2 aromatic rings. The zero-order chi connectivity index (χ0) is 15.8. The molecule has 1 aromatic carbocycles. The van der Waals surface area contributed by atoms with E-state index >= 15 is 0 Å². The zero-order valence-corrected chi connectivity index (χ0v) is 11.7. The van der Waals surface area contributed by atoms with Crippen molar-refractivity contribution in [2.24, 2.45) is 10.7 Å². The lowest BCUT2D eigenvalue weighted by molar-refractivity contribution is -0.117. The van der Waals surface area contributed by atoms with Crippen molar-refractivity contribution >= 4 is 17.4 Å². The highest BCUT2D eigenvalue weighted by Gasteiger charge is 2.01. The lowest BCUT2D eigenvalue weighted by Gasteiger charge is -1.99. The molecule has 1 amide bonds. The Labute approximate surface area is 127 Å². The molecule has 0 bridgehead atoms. The van der Waals surface area contributed by atoms with Gasteiger partial charge in [0.15, 0.2) is 0 Å². The molecule has 22 heavy (non-hydrogen) atoms. The third-order valence-corrected chi connectivity index (χ3v) is 2.66. The summed E-state index contributed by atoms with van der Waals surface area (Å²) in [6.45, 7) is 0. The maximum atomic E-state index is 12.9. The molecule has 0 aliphatic rings. The van der Waals surface area contributed by atoms with Gasteiger partial charge in [-0.15, -0.1) is 0 Å². The van der Waals surface area contributed by atoms with Crippen LogP contribution in [0.15, 0.2) is 66.1 Å². The van der Waals surface area contributed by atoms with Crippen molar-refractivity contribution < 1.29 is 9.18 Å². The average molecular weight is 298 g/mol. The number of halogens is 1. The number of nitrogens with zero attached hydrogens (tertiary/aromatic N) is 2. The first-order valence-corrected chi connectivity index (χ1v) is 6.58. The number of nitrogens with one attached hydrogen (secondary N) is 1. The number of carbonyl (C=O) groups excluding carboxylic acids is 1. The molecule has 0 fully saturated rings. The van der Waals surface area contributed by atoms with E-state index in [9.17, 15) is 9.18 Å². The average Bonchev–Trinajstić information content (AvgIpc) is 2.48. The van der Waals surface area contributed by atoms with Gasteiger partial charge in [-0.1, -0.05) is 30.3 Å². The molecule has 112 valence electrons. The van der Waals surface area contributed by atoms with E-state index < -0.39 is 5.82 Å². The van der Waals surface area contributed by atoms with Crippen LogP contribution in [0, 0.1) is 5.82 Å². The first-order chi connectivity index (χ1) is 10.6. The normalized spacial score (nSPS) is 11.6. The number of hydrogen-bond acceptors (Lipinski definition) is 3. The van der Waals surface area contributed by atoms with Crippen LogP contribution in [0.4, 0.5) is 10.1 Å². The molecule has 0 saturated heterocycles. The Bertz CT molecular complexity index is 698.